The molecule has 5 nitrogen and oxygen atoms in total. The van der Waals surface area contributed by atoms with Crippen molar-refractivity contribution in [3.8, 4) is 0 Å². The molecular formula is C24H24N2O3S. The summed E-state index contributed by atoms with van der Waals surface area (Å²) in [6, 6.07) is 23.9. The van der Waals surface area contributed by atoms with Gasteiger partial charge in [-0.2, -0.15) is 0 Å². The second-order valence-corrected chi connectivity index (χ2v) is 9.23. The molecule has 0 radical (unpaired) electrons. The number of hydrogen-bond acceptors (Lipinski definition) is 3. The molecule has 30 heavy (non-hydrogen) atoms. The maximum Gasteiger partial charge on any atom is 0.264 e. The Morgan fingerprint density at radius 3 is 2.37 bits per heavy atom. The fraction of sp³-hybridized carbons (Fsp3) is 0.208. The van der Waals surface area contributed by atoms with Crippen LogP contribution in [-0.2, 0) is 27.7 Å². The summed E-state index contributed by atoms with van der Waals surface area (Å²) in [5.41, 5.74) is 3.50. The number of nitrogens with one attached hydrogen (secondary N) is 1. The van der Waals surface area contributed by atoms with Crippen molar-refractivity contribution >= 4 is 27.3 Å². The number of hydrogen-bond donors (Lipinski definition) is 1. The molecule has 3 aromatic carbocycles. The van der Waals surface area contributed by atoms with Crippen LogP contribution in [0.3, 0.4) is 0 Å². The van der Waals surface area contributed by atoms with Gasteiger partial charge in [-0.1, -0.05) is 48.5 Å². The number of carbonyl (C=O) groups excluding carboxylic acids is 1. The van der Waals surface area contributed by atoms with Crippen LogP contribution in [0.5, 0.6) is 0 Å². The highest BCUT2D eigenvalue weighted by Crippen LogP contribution is 2.32. The van der Waals surface area contributed by atoms with E-state index in [0.717, 1.165) is 29.7 Å². The number of aryl methyl sites for hydroxylation is 2. The molecule has 1 amide bonds. The molecule has 0 bridgehead atoms. The largest absolute Gasteiger partial charge is 0.326 e. The van der Waals surface area contributed by atoms with Crippen LogP contribution in [0, 0.1) is 0 Å². The van der Waals surface area contributed by atoms with Gasteiger partial charge in [0.15, 0.2) is 0 Å². The molecule has 0 aliphatic carbocycles. The molecule has 6 heteroatoms. The van der Waals surface area contributed by atoms with Crippen molar-refractivity contribution in [1.29, 1.82) is 0 Å². The molecule has 0 saturated heterocycles. The van der Waals surface area contributed by atoms with Gasteiger partial charge in [0.2, 0.25) is 5.91 Å². The number of anilines is 2. The standard InChI is InChI=1S/C24H24N2O3S/c27-24(17-12-19-7-2-1-3-8-19)25-21-13-15-22(16-14-21)30(28,29)26-18-6-10-20-9-4-5-11-23(20)26/h1-5,7-9,11,13-16H,6,10,12,17-18H2,(H,25,27). The summed E-state index contributed by atoms with van der Waals surface area (Å²) in [6.45, 7) is 0.470. The average Bonchev–Trinajstić information content (AvgIpc) is 2.78. The second kappa shape index (κ2) is 8.71. The topological polar surface area (TPSA) is 66.5 Å². The third-order valence-electron chi connectivity index (χ3n) is 5.28. The lowest BCUT2D eigenvalue weighted by molar-refractivity contribution is -0.116. The van der Waals surface area contributed by atoms with E-state index in [-0.39, 0.29) is 10.8 Å². The molecule has 1 heterocycles. The van der Waals surface area contributed by atoms with E-state index < -0.39 is 10.0 Å². The zero-order valence-corrected chi connectivity index (χ0v) is 17.4. The maximum atomic E-state index is 13.2. The lowest BCUT2D eigenvalue weighted by Crippen LogP contribution is -2.35. The number of benzene rings is 3. The number of rotatable bonds is 6. The number of carbonyl (C=O) groups is 1. The fourth-order valence-corrected chi connectivity index (χ4v) is 5.25. The molecule has 0 spiro atoms. The van der Waals surface area contributed by atoms with Crippen LogP contribution in [0.2, 0.25) is 0 Å². The van der Waals surface area contributed by atoms with E-state index >= 15 is 0 Å². The Hall–Kier alpha value is -3.12. The number of fused-ring (bicyclic) bond motifs is 1. The first-order valence-corrected chi connectivity index (χ1v) is 11.5. The van der Waals surface area contributed by atoms with E-state index in [2.05, 4.69) is 5.32 Å². The Labute approximate surface area is 177 Å². The van der Waals surface area contributed by atoms with Crippen molar-refractivity contribution in [2.24, 2.45) is 0 Å². The summed E-state index contributed by atoms with van der Waals surface area (Å²) in [5.74, 6) is -0.0978. The highest BCUT2D eigenvalue weighted by Gasteiger charge is 2.28. The zero-order chi connectivity index (χ0) is 21.0. The van der Waals surface area contributed by atoms with Crippen molar-refractivity contribution in [3.63, 3.8) is 0 Å². The van der Waals surface area contributed by atoms with Gasteiger partial charge in [-0.05, 0) is 60.7 Å². The lowest BCUT2D eigenvalue weighted by Gasteiger charge is -2.30. The summed E-state index contributed by atoms with van der Waals surface area (Å²) in [6.07, 6.45) is 2.71. The monoisotopic (exact) mass is 420 g/mol. The number of sulfonamides is 1. The molecular weight excluding hydrogens is 396 g/mol. The second-order valence-electron chi connectivity index (χ2n) is 7.37. The van der Waals surface area contributed by atoms with Gasteiger partial charge in [-0.15, -0.1) is 0 Å². The van der Waals surface area contributed by atoms with E-state index in [4.69, 9.17) is 0 Å². The van der Waals surface area contributed by atoms with Crippen LogP contribution in [0.15, 0.2) is 83.8 Å². The lowest BCUT2D eigenvalue weighted by atomic mass is 10.0. The normalized spacial score (nSPS) is 13.5. The molecule has 1 aliphatic rings. The molecule has 0 atom stereocenters. The van der Waals surface area contributed by atoms with Gasteiger partial charge < -0.3 is 5.32 Å². The Bertz CT molecular complexity index is 1130. The summed E-state index contributed by atoms with van der Waals surface area (Å²) in [5, 5.41) is 2.84. The molecule has 0 unspecified atom stereocenters. The van der Waals surface area contributed by atoms with Crippen molar-refractivity contribution < 1.29 is 13.2 Å². The first kappa shape index (κ1) is 20.2. The molecule has 0 saturated carbocycles. The Kier molecular flexibility index (Phi) is 5.86. The van der Waals surface area contributed by atoms with E-state index in [0.29, 0.717) is 25.1 Å². The van der Waals surface area contributed by atoms with Crippen LogP contribution in [0.4, 0.5) is 11.4 Å². The molecule has 1 aliphatic heterocycles. The minimum Gasteiger partial charge on any atom is -0.326 e. The molecule has 154 valence electrons. The van der Waals surface area contributed by atoms with Crippen molar-refractivity contribution in [1.82, 2.24) is 0 Å². The van der Waals surface area contributed by atoms with Gasteiger partial charge in [-0.25, -0.2) is 8.42 Å². The van der Waals surface area contributed by atoms with Crippen LogP contribution in [0.25, 0.3) is 0 Å². The van der Waals surface area contributed by atoms with Crippen molar-refractivity contribution in [2.45, 2.75) is 30.6 Å². The predicted molar refractivity (Wildman–Crippen MR) is 119 cm³/mol. The highest BCUT2D eigenvalue weighted by molar-refractivity contribution is 7.92. The van der Waals surface area contributed by atoms with Crippen molar-refractivity contribution in [2.75, 3.05) is 16.2 Å². The van der Waals surface area contributed by atoms with Gasteiger partial charge in [0.1, 0.15) is 0 Å². The summed E-state index contributed by atoms with van der Waals surface area (Å²) in [4.78, 5) is 12.4. The SMILES string of the molecule is O=C(CCc1ccccc1)Nc1ccc(S(=O)(=O)N2CCCc3ccccc32)cc1. The van der Waals surface area contributed by atoms with Crippen LogP contribution in [0.1, 0.15) is 24.0 Å². The van der Waals surface area contributed by atoms with E-state index in [1.807, 2.05) is 54.6 Å². The van der Waals surface area contributed by atoms with Gasteiger partial charge in [0.25, 0.3) is 10.0 Å². The van der Waals surface area contributed by atoms with Gasteiger partial charge in [0, 0.05) is 18.7 Å². The quantitative estimate of drug-likeness (QED) is 0.643. The minimum absolute atomic E-state index is 0.0978. The number of para-hydroxylation sites is 1. The first-order chi connectivity index (χ1) is 14.5. The third-order valence-corrected chi connectivity index (χ3v) is 7.10. The maximum absolute atomic E-state index is 13.2. The smallest absolute Gasteiger partial charge is 0.264 e. The molecule has 0 fully saturated rings. The molecule has 4 rings (SSSR count). The number of nitrogens with zero attached hydrogens (tertiary/aromatic N) is 1. The highest BCUT2D eigenvalue weighted by atomic mass is 32.2. The predicted octanol–water partition coefficient (Wildman–Crippen LogP) is 4.40. The van der Waals surface area contributed by atoms with E-state index in [1.165, 1.54) is 4.31 Å². The fourth-order valence-electron chi connectivity index (χ4n) is 3.71. The van der Waals surface area contributed by atoms with Gasteiger partial charge in [0.05, 0.1) is 10.6 Å². The third kappa shape index (κ3) is 4.39. The van der Waals surface area contributed by atoms with Crippen molar-refractivity contribution in [3.05, 3.63) is 90.0 Å². The van der Waals surface area contributed by atoms with Crippen LogP contribution >= 0.6 is 0 Å². The molecule has 1 N–H and O–H groups in total. The first-order valence-electron chi connectivity index (χ1n) is 10.1. The summed E-state index contributed by atoms with van der Waals surface area (Å²) < 4.78 is 27.8. The van der Waals surface area contributed by atoms with E-state index in [1.54, 1.807) is 24.3 Å². The average molecular weight is 421 g/mol. The Balaban J connectivity index is 1.44. The minimum atomic E-state index is -3.65. The van der Waals surface area contributed by atoms with Gasteiger partial charge in [-0.3, -0.25) is 9.10 Å². The Morgan fingerprint density at radius 1 is 0.900 bits per heavy atom. The summed E-state index contributed by atoms with van der Waals surface area (Å²) in [7, 11) is -3.65. The zero-order valence-electron chi connectivity index (χ0n) is 16.6. The molecule has 0 aromatic heterocycles. The van der Waals surface area contributed by atoms with Crippen LogP contribution < -0.4 is 9.62 Å². The van der Waals surface area contributed by atoms with E-state index in [9.17, 15) is 13.2 Å². The van der Waals surface area contributed by atoms with Crippen LogP contribution in [-0.4, -0.2) is 20.9 Å². The number of amides is 1. The Morgan fingerprint density at radius 2 is 1.60 bits per heavy atom. The molecule has 3 aromatic rings. The van der Waals surface area contributed by atoms with Gasteiger partial charge >= 0.3 is 0 Å². The summed E-state index contributed by atoms with van der Waals surface area (Å²) >= 11 is 0.